The number of hydrogen-bond donors (Lipinski definition) is 1. The van der Waals surface area contributed by atoms with Gasteiger partial charge < -0.3 is 20.3 Å². The summed E-state index contributed by atoms with van der Waals surface area (Å²) in [6.45, 7) is 8.75. The topological polar surface area (TPSA) is 97.5 Å². The zero-order chi connectivity index (χ0) is 26.2. The van der Waals surface area contributed by atoms with Crippen LogP contribution in [-0.4, -0.2) is 51.1 Å². The molecule has 0 radical (unpaired) electrons. The number of aromatic nitrogens is 3. The van der Waals surface area contributed by atoms with Crippen LogP contribution in [0.5, 0.6) is 5.75 Å². The molecule has 2 N–H and O–H groups in total. The van der Waals surface area contributed by atoms with E-state index in [0.29, 0.717) is 35.9 Å². The lowest BCUT2D eigenvalue weighted by atomic mass is 10.0. The van der Waals surface area contributed by atoms with E-state index in [-0.39, 0.29) is 23.9 Å². The Hall–Kier alpha value is -3.82. The van der Waals surface area contributed by atoms with Gasteiger partial charge in [0.25, 0.3) is 0 Å². The normalized spacial score (nSPS) is 14.4. The van der Waals surface area contributed by atoms with Crippen LogP contribution in [0, 0.1) is 11.6 Å². The van der Waals surface area contributed by atoms with Crippen LogP contribution in [0.1, 0.15) is 44.8 Å². The molecule has 3 aromatic rings. The summed E-state index contributed by atoms with van der Waals surface area (Å²) in [6, 6.07) is 6.13. The number of fused-ring (bicyclic) bond motifs is 1. The molecule has 0 atom stereocenters. The highest BCUT2D eigenvalue weighted by Gasteiger charge is 2.35. The zero-order valence-corrected chi connectivity index (χ0v) is 21.0. The first kappa shape index (κ1) is 25.3. The van der Waals surface area contributed by atoms with E-state index in [4.69, 9.17) is 10.5 Å². The summed E-state index contributed by atoms with van der Waals surface area (Å²) in [5, 5.41) is 0. The van der Waals surface area contributed by atoms with Crippen molar-refractivity contribution in [2.75, 3.05) is 18.5 Å². The fourth-order valence-corrected chi connectivity index (χ4v) is 4.15. The molecule has 2 amide bonds. The Bertz CT molecular complexity index is 1280. The van der Waals surface area contributed by atoms with E-state index in [2.05, 4.69) is 15.0 Å². The number of urea groups is 1. The average Bonchev–Trinajstić information content (AvgIpc) is 2.81. The second-order valence-electron chi connectivity index (χ2n) is 9.90. The van der Waals surface area contributed by atoms with E-state index in [1.807, 2.05) is 38.7 Å². The molecule has 36 heavy (non-hydrogen) atoms. The second-order valence-corrected chi connectivity index (χ2v) is 9.90. The first-order valence-electron chi connectivity index (χ1n) is 11.7. The average molecular weight is 497 g/mol. The molecule has 4 rings (SSSR count). The van der Waals surface area contributed by atoms with Gasteiger partial charge in [0.05, 0.1) is 24.8 Å². The zero-order valence-electron chi connectivity index (χ0n) is 21.0. The summed E-state index contributed by atoms with van der Waals surface area (Å²) in [4.78, 5) is 27.5. The van der Waals surface area contributed by atoms with Gasteiger partial charge in [-0.1, -0.05) is 6.07 Å². The van der Waals surface area contributed by atoms with Crippen molar-refractivity contribution in [3.05, 3.63) is 65.4 Å². The number of nitrogens with two attached hydrogens (primary N) is 1. The fourth-order valence-electron chi connectivity index (χ4n) is 4.15. The van der Waals surface area contributed by atoms with Crippen LogP contribution in [0.15, 0.2) is 36.7 Å². The van der Waals surface area contributed by atoms with E-state index < -0.39 is 23.3 Å². The van der Waals surface area contributed by atoms with Gasteiger partial charge in [-0.05, 0) is 51.5 Å². The van der Waals surface area contributed by atoms with Crippen molar-refractivity contribution in [3.8, 4) is 17.0 Å². The van der Waals surface area contributed by atoms with Crippen molar-refractivity contribution in [1.82, 2.24) is 19.9 Å². The number of nitrogens with zero attached hydrogens (tertiary/aromatic N) is 5. The highest BCUT2D eigenvalue weighted by molar-refractivity contribution is 5.73. The molecule has 0 spiro atoms. The predicted molar refractivity (Wildman–Crippen MR) is 133 cm³/mol. The lowest BCUT2D eigenvalue weighted by Crippen LogP contribution is -2.49. The van der Waals surface area contributed by atoms with E-state index in [1.54, 1.807) is 25.4 Å². The molecule has 0 fully saturated rings. The number of carbonyl (C=O) groups is 1. The largest absolute Gasteiger partial charge is 0.481 e. The van der Waals surface area contributed by atoms with Gasteiger partial charge in [-0.15, -0.1) is 0 Å². The molecule has 0 aliphatic carbocycles. The van der Waals surface area contributed by atoms with Crippen LogP contribution < -0.4 is 15.4 Å². The molecule has 0 unspecified atom stereocenters. The first-order valence-corrected chi connectivity index (χ1v) is 11.7. The molecule has 2 aromatic heterocycles. The maximum absolute atomic E-state index is 15.2. The summed E-state index contributed by atoms with van der Waals surface area (Å²) in [6.07, 6.45) is 2.98. The van der Waals surface area contributed by atoms with Crippen LogP contribution in [0.3, 0.4) is 0 Å². The molecular formula is C26H30F2N6O2. The molecule has 0 bridgehead atoms. The van der Waals surface area contributed by atoms with Gasteiger partial charge >= 0.3 is 6.03 Å². The summed E-state index contributed by atoms with van der Waals surface area (Å²) in [5.41, 5.74) is 7.05. The van der Waals surface area contributed by atoms with Crippen molar-refractivity contribution >= 4 is 11.7 Å². The van der Waals surface area contributed by atoms with Crippen molar-refractivity contribution < 1.29 is 18.3 Å². The maximum atomic E-state index is 15.2. The Morgan fingerprint density at radius 2 is 1.94 bits per heavy atom. The van der Waals surface area contributed by atoms with Crippen LogP contribution in [0.25, 0.3) is 11.3 Å². The van der Waals surface area contributed by atoms with Crippen molar-refractivity contribution in [2.24, 2.45) is 5.73 Å². The first-order chi connectivity index (χ1) is 16.9. The number of ether oxygens (including phenoxy) is 1. The quantitative estimate of drug-likeness (QED) is 0.546. The molecule has 190 valence electrons. The van der Waals surface area contributed by atoms with E-state index in [9.17, 15) is 9.18 Å². The maximum Gasteiger partial charge on any atom is 0.314 e. The van der Waals surface area contributed by atoms with Gasteiger partial charge in [0.1, 0.15) is 17.1 Å². The number of benzene rings is 1. The summed E-state index contributed by atoms with van der Waals surface area (Å²) in [5.74, 6) is -0.718. The number of rotatable bonds is 6. The standard InChI is InChI=1S/C26H30F2N6O2/c1-15(2)34-14-26(3,4)36-24-19(27)8-17(9-21(24)34)23-20(28)12-31-22(32-23)10-18-7-6-16(11-30-18)13-33(5)25(29)35/h6-9,11-12,15H,10,13-14H2,1-5H3,(H2,29,35). The molecule has 10 heteroatoms. The molecule has 1 aliphatic rings. The van der Waals surface area contributed by atoms with Gasteiger partial charge in [-0.2, -0.15) is 0 Å². The third-order valence-electron chi connectivity index (χ3n) is 5.97. The number of halogens is 2. The lowest BCUT2D eigenvalue weighted by Gasteiger charge is -2.43. The number of carbonyl (C=O) groups excluding carboxylic acids is 1. The SMILES string of the molecule is CC(C)N1CC(C)(C)Oc2c(F)cc(-c3nc(Cc4ccc(CN(C)C(N)=O)cn4)ncc3F)cc21. The van der Waals surface area contributed by atoms with E-state index >= 15 is 4.39 Å². The van der Waals surface area contributed by atoms with E-state index in [1.165, 1.54) is 11.0 Å². The van der Waals surface area contributed by atoms with Gasteiger partial charge in [-0.3, -0.25) is 4.98 Å². The molecule has 1 aromatic carbocycles. The van der Waals surface area contributed by atoms with Crippen LogP contribution in [0.2, 0.25) is 0 Å². The Labute approximate surface area is 209 Å². The Morgan fingerprint density at radius 1 is 1.19 bits per heavy atom. The number of anilines is 1. The minimum Gasteiger partial charge on any atom is -0.481 e. The monoisotopic (exact) mass is 496 g/mol. The Morgan fingerprint density at radius 3 is 2.58 bits per heavy atom. The molecule has 8 nitrogen and oxygen atoms in total. The van der Waals surface area contributed by atoms with Crippen LogP contribution in [0.4, 0.5) is 19.3 Å². The Balaban J connectivity index is 1.63. The lowest BCUT2D eigenvalue weighted by molar-refractivity contribution is 0.0967. The number of pyridine rings is 1. The molecule has 0 saturated carbocycles. The van der Waals surface area contributed by atoms with Gasteiger partial charge in [0.15, 0.2) is 17.4 Å². The van der Waals surface area contributed by atoms with Crippen molar-refractivity contribution in [2.45, 2.75) is 52.3 Å². The smallest absolute Gasteiger partial charge is 0.314 e. The Kier molecular flexibility index (Phi) is 6.79. The van der Waals surface area contributed by atoms with Crippen molar-refractivity contribution in [1.29, 1.82) is 0 Å². The fraction of sp³-hybridized carbons (Fsp3) is 0.385. The summed E-state index contributed by atoms with van der Waals surface area (Å²) < 4.78 is 35.9. The minimum absolute atomic E-state index is 0.00921. The van der Waals surface area contributed by atoms with Gasteiger partial charge in [0.2, 0.25) is 0 Å². The third-order valence-corrected chi connectivity index (χ3v) is 5.97. The molecule has 1 aliphatic heterocycles. The highest BCUT2D eigenvalue weighted by atomic mass is 19.1. The van der Waals surface area contributed by atoms with Crippen LogP contribution >= 0.6 is 0 Å². The molecular weight excluding hydrogens is 466 g/mol. The van der Waals surface area contributed by atoms with E-state index in [0.717, 1.165) is 11.8 Å². The second kappa shape index (κ2) is 9.67. The predicted octanol–water partition coefficient (Wildman–Crippen LogP) is 4.30. The van der Waals surface area contributed by atoms with Gasteiger partial charge in [-0.25, -0.2) is 23.5 Å². The summed E-state index contributed by atoms with van der Waals surface area (Å²) >= 11 is 0. The molecule has 3 heterocycles. The number of amides is 2. The van der Waals surface area contributed by atoms with Crippen LogP contribution in [-0.2, 0) is 13.0 Å². The number of hydrogen-bond acceptors (Lipinski definition) is 6. The highest BCUT2D eigenvalue weighted by Crippen LogP contribution is 2.42. The summed E-state index contributed by atoms with van der Waals surface area (Å²) in [7, 11) is 1.60. The van der Waals surface area contributed by atoms with Gasteiger partial charge in [0, 0.05) is 37.1 Å². The molecule has 0 saturated heterocycles. The third kappa shape index (κ3) is 5.37. The van der Waals surface area contributed by atoms with Crippen molar-refractivity contribution in [3.63, 3.8) is 0 Å². The minimum atomic E-state index is -0.649. The number of primary amides is 1.